The first kappa shape index (κ1) is 27.2. The summed E-state index contributed by atoms with van der Waals surface area (Å²) in [5, 5.41) is 11.8. The number of furan rings is 1. The first-order chi connectivity index (χ1) is 24.8. The molecule has 0 aliphatic carbocycles. The molecule has 0 N–H and O–H groups in total. The van der Waals surface area contributed by atoms with E-state index in [1.54, 1.807) is 0 Å². The molecule has 3 aromatic heterocycles. The molecule has 11 aromatic rings. The topological polar surface area (TPSA) is 43.9 Å². The molecular weight excluding hydrogens is 611 g/mol. The van der Waals surface area contributed by atoms with Crippen LogP contribution in [0.15, 0.2) is 168 Å². The summed E-state index contributed by atoms with van der Waals surface area (Å²) in [4.78, 5) is 10.2. The van der Waals surface area contributed by atoms with Gasteiger partial charge in [0.2, 0.25) is 5.71 Å². The predicted molar refractivity (Wildman–Crippen MR) is 207 cm³/mol. The second-order valence-electron chi connectivity index (χ2n) is 12.9. The van der Waals surface area contributed by atoms with Crippen molar-refractivity contribution in [3.05, 3.63) is 164 Å². The van der Waals surface area contributed by atoms with Gasteiger partial charge in [0.25, 0.3) is 0 Å². The number of aromatic nitrogens is 3. The molecule has 4 nitrogen and oxygen atoms in total. The number of hydrogen-bond acceptors (Lipinski definition) is 3. The molecular formula is C46H27N3O. The third kappa shape index (κ3) is 3.87. The Hall–Kier alpha value is -6.78. The van der Waals surface area contributed by atoms with E-state index in [-0.39, 0.29) is 0 Å². The van der Waals surface area contributed by atoms with Crippen LogP contribution in [0.25, 0.3) is 105 Å². The zero-order chi connectivity index (χ0) is 32.8. The van der Waals surface area contributed by atoms with Gasteiger partial charge in [0.1, 0.15) is 5.58 Å². The maximum Gasteiger partial charge on any atom is 0.231 e. The standard InChI is InChI=1S/C46H27N3O/c1-3-13-28(14-4-1)44-43-39-26-41-38(27-42(39)50-46(43)48-45(47-44)29-15-5-2-6-16-29)36-21-11-12-22-40(36)49(41)30-23-24-35-33-19-8-7-17-31(33)32-18-9-10-20-34(32)37(35)25-30/h1-27H. The van der Waals surface area contributed by atoms with Gasteiger partial charge >= 0.3 is 0 Å². The fraction of sp³-hybridized carbons (Fsp3) is 0. The Labute approximate surface area is 286 Å². The van der Waals surface area contributed by atoms with Gasteiger partial charge < -0.3 is 8.98 Å². The van der Waals surface area contributed by atoms with Gasteiger partial charge in [0, 0.05) is 33.0 Å². The van der Waals surface area contributed by atoms with Gasteiger partial charge in [0.15, 0.2) is 5.82 Å². The van der Waals surface area contributed by atoms with Crippen molar-refractivity contribution in [3.8, 4) is 28.3 Å². The molecule has 0 amide bonds. The van der Waals surface area contributed by atoms with Gasteiger partial charge in [-0.2, -0.15) is 4.98 Å². The van der Waals surface area contributed by atoms with Crippen molar-refractivity contribution in [1.82, 2.24) is 14.5 Å². The van der Waals surface area contributed by atoms with Crippen LogP contribution in [-0.4, -0.2) is 14.5 Å². The van der Waals surface area contributed by atoms with Crippen LogP contribution >= 0.6 is 0 Å². The fourth-order valence-corrected chi connectivity index (χ4v) is 7.97. The van der Waals surface area contributed by atoms with Crippen LogP contribution in [0.2, 0.25) is 0 Å². The van der Waals surface area contributed by atoms with E-state index in [4.69, 9.17) is 14.4 Å². The molecule has 232 valence electrons. The van der Waals surface area contributed by atoms with E-state index in [1.165, 1.54) is 37.7 Å². The SMILES string of the molecule is c1ccc(-c2nc(-c3ccccc3)c3c(n2)oc2cc4c5ccccc5n(-c5ccc6c7ccccc7c7ccccc7c6c5)c4cc23)cc1. The minimum atomic E-state index is 0.584. The van der Waals surface area contributed by atoms with Crippen molar-refractivity contribution in [1.29, 1.82) is 0 Å². The third-order valence-electron chi connectivity index (χ3n) is 10.2. The molecule has 0 bridgehead atoms. The fourth-order valence-electron chi connectivity index (χ4n) is 7.97. The highest BCUT2D eigenvalue weighted by molar-refractivity contribution is 6.26. The largest absolute Gasteiger partial charge is 0.438 e. The first-order valence-electron chi connectivity index (χ1n) is 16.9. The molecule has 50 heavy (non-hydrogen) atoms. The highest BCUT2D eigenvalue weighted by atomic mass is 16.3. The lowest BCUT2D eigenvalue weighted by Gasteiger charge is -2.13. The molecule has 3 heterocycles. The number of hydrogen-bond donors (Lipinski definition) is 0. The van der Waals surface area contributed by atoms with E-state index in [0.29, 0.717) is 11.5 Å². The summed E-state index contributed by atoms with van der Waals surface area (Å²) in [7, 11) is 0. The lowest BCUT2D eigenvalue weighted by atomic mass is 9.94. The highest BCUT2D eigenvalue weighted by Crippen LogP contribution is 2.42. The van der Waals surface area contributed by atoms with Gasteiger partial charge in [-0.15, -0.1) is 0 Å². The number of benzene rings is 8. The average molecular weight is 638 g/mol. The summed E-state index contributed by atoms with van der Waals surface area (Å²) in [6.07, 6.45) is 0. The average Bonchev–Trinajstić information content (AvgIpc) is 3.72. The molecule has 0 aliphatic rings. The monoisotopic (exact) mass is 637 g/mol. The van der Waals surface area contributed by atoms with Crippen LogP contribution < -0.4 is 0 Å². The summed E-state index contributed by atoms with van der Waals surface area (Å²) in [5.41, 5.74) is 7.58. The van der Waals surface area contributed by atoms with E-state index < -0.39 is 0 Å². The molecule has 0 saturated carbocycles. The highest BCUT2D eigenvalue weighted by Gasteiger charge is 2.22. The summed E-state index contributed by atoms with van der Waals surface area (Å²) in [5.74, 6) is 0.645. The van der Waals surface area contributed by atoms with Crippen molar-refractivity contribution in [2.75, 3.05) is 0 Å². The minimum Gasteiger partial charge on any atom is -0.438 e. The number of nitrogens with zero attached hydrogens (tertiary/aromatic N) is 3. The van der Waals surface area contributed by atoms with Crippen molar-refractivity contribution >= 4 is 76.2 Å². The lowest BCUT2D eigenvalue weighted by Crippen LogP contribution is -1.95. The van der Waals surface area contributed by atoms with Gasteiger partial charge in [-0.25, -0.2) is 4.98 Å². The second kappa shape index (κ2) is 10.4. The van der Waals surface area contributed by atoms with Crippen LogP contribution in [0.3, 0.4) is 0 Å². The smallest absolute Gasteiger partial charge is 0.231 e. The first-order valence-corrected chi connectivity index (χ1v) is 16.9. The van der Waals surface area contributed by atoms with Crippen molar-refractivity contribution in [2.45, 2.75) is 0 Å². The molecule has 0 aliphatic heterocycles. The van der Waals surface area contributed by atoms with Crippen LogP contribution in [-0.2, 0) is 0 Å². The second-order valence-corrected chi connectivity index (χ2v) is 12.9. The van der Waals surface area contributed by atoms with E-state index in [1.807, 2.05) is 36.4 Å². The van der Waals surface area contributed by atoms with Crippen molar-refractivity contribution < 1.29 is 4.42 Å². The lowest BCUT2D eigenvalue weighted by molar-refractivity contribution is 0.654. The zero-order valence-corrected chi connectivity index (χ0v) is 26.8. The summed E-state index contributed by atoms with van der Waals surface area (Å²) >= 11 is 0. The Morgan fingerprint density at radius 1 is 0.400 bits per heavy atom. The molecule has 0 atom stereocenters. The summed E-state index contributed by atoms with van der Waals surface area (Å²) in [6.45, 7) is 0. The van der Waals surface area contributed by atoms with Crippen molar-refractivity contribution in [2.24, 2.45) is 0 Å². The van der Waals surface area contributed by atoms with Crippen LogP contribution in [0.1, 0.15) is 0 Å². The minimum absolute atomic E-state index is 0.584. The van der Waals surface area contributed by atoms with E-state index >= 15 is 0 Å². The van der Waals surface area contributed by atoms with E-state index in [9.17, 15) is 0 Å². The predicted octanol–water partition coefficient (Wildman–Crippen LogP) is 12.3. The quantitative estimate of drug-likeness (QED) is 0.181. The molecule has 11 rings (SSSR count). The Bertz CT molecular complexity index is 3100. The van der Waals surface area contributed by atoms with Crippen LogP contribution in [0.4, 0.5) is 0 Å². The third-order valence-corrected chi connectivity index (χ3v) is 10.2. The number of rotatable bonds is 3. The normalized spacial score (nSPS) is 12.0. The molecule has 8 aromatic carbocycles. The van der Waals surface area contributed by atoms with Crippen LogP contribution in [0, 0.1) is 0 Å². The molecule has 0 fully saturated rings. The van der Waals surface area contributed by atoms with Crippen molar-refractivity contribution in [3.63, 3.8) is 0 Å². The Morgan fingerprint density at radius 3 is 1.68 bits per heavy atom. The van der Waals surface area contributed by atoms with Gasteiger partial charge in [-0.3, -0.25) is 0 Å². The van der Waals surface area contributed by atoms with Crippen LogP contribution in [0.5, 0.6) is 0 Å². The Kier molecular flexibility index (Phi) is 5.63. The Morgan fingerprint density at radius 2 is 0.980 bits per heavy atom. The van der Waals surface area contributed by atoms with E-state index in [0.717, 1.165) is 55.3 Å². The molecule has 0 radical (unpaired) electrons. The van der Waals surface area contributed by atoms with Gasteiger partial charge in [0.05, 0.1) is 22.1 Å². The van der Waals surface area contributed by atoms with Gasteiger partial charge in [-0.1, -0.05) is 133 Å². The number of para-hydroxylation sites is 1. The van der Waals surface area contributed by atoms with E-state index in [2.05, 4.69) is 132 Å². The molecule has 0 saturated heterocycles. The molecule has 0 unspecified atom stereocenters. The maximum atomic E-state index is 6.64. The maximum absolute atomic E-state index is 6.64. The summed E-state index contributed by atoms with van der Waals surface area (Å²) in [6, 6.07) is 58.0. The molecule has 0 spiro atoms. The Balaban J connectivity index is 1.24. The molecule has 4 heteroatoms. The summed E-state index contributed by atoms with van der Waals surface area (Å²) < 4.78 is 9.03. The zero-order valence-electron chi connectivity index (χ0n) is 26.8. The van der Waals surface area contributed by atoms with Gasteiger partial charge in [-0.05, 0) is 62.6 Å². The number of fused-ring (bicyclic) bond motifs is 12.